The van der Waals surface area contributed by atoms with E-state index in [-0.39, 0.29) is 4.92 Å². The van der Waals surface area contributed by atoms with Gasteiger partial charge in [0, 0.05) is 17.8 Å². The van der Waals surface area contributed by atoms with E-state index in [0.29, 0.717) is 19.3 Å². The minimum Gasteiger partial charge on any atom is -0.386 e. The second-order valence-corrected chi connectivity index (χ2v) is 6.13. The maximum Gasteiger partial charge on any atom is 0.241 e. The van der Waals surface area contributed by atoms with E-state index in [9.17, 15) is 20.0 Å². The third kappa shape index (κ3) is 13.0. The zero-order chi connectivity index (χ0) is 17.3. The molecule has 2 atom stereocenters. The van der Waals surface area contributed by atoms with Gasteiger partial charge in [-0.05, 0) is 25.7 Å². The largest absolute Gasteiger partial charge is 0.386 e. The first kappa shape index (κ1) is 21.8. The van der Waals surface area contributed by atoms with Crippen molar-refractivity contribution in [3.05, 3.63) is 22.3 Å². The minimum absolute atomic E-state index is 0.305. The maximum atomic E-state index is 11.1. The quantitative estimate of drug-likeness (QED) is 0.149. The molecular formula is C18H33NO4. The molecule has 134 valence electrons. The van der Waals surface area contributed by atoms with Gasteiger partial charge in [-0.2, -0.15) is 0 Å². The van der Waals surface area contributed by atoms with Crippen molar-refractivity contribution in [3.8, 4) is 0 Å². The van der Waals surface area contributed by atoms with Gasteiger partial charge in [0.05, 0.1) is 0 Å². The monoisotopic (exact) mass is 327 g/mol. The summed E-state index contributed by atoms with van der Waals surface area (Å²) in [5.74, 6) is 0. The van der Waals surface area contributed by atoms with Gasteiger partial charge in [0.25, 0.3) is 0 Å². The van der Waals surface area contributed by atoms with Crippen LogP contribution in [0.2, 0.25) is 0 Å². The lowest BCUT2D eigenvalue weighted by atomic mass is 10.0. The SMILES string of the molecule is CCCCCC(O)C(C/C=C\CCCCCCCC=O)[N+](=O)[O-]. The Bertz CT molecular complexity index is 331. The molecule has 0 aliphatic carbocycles. The summed E-state index contributed by atoms with van der Waals surface area (Å²) in [4.78, 5) is 20.9. The molecule has 0 aromatic rings. The van der Waals surface area contributed by atoms with Crippen molar-refractivity contribution >= 4 is 6.29 Å². The molecule has 1 N–H and O–H groups in total. The first-order valence-electron chi connectivity index (χ1n) is 9.03. The number of unbranched alkanes of at least 4 members (excludes halogenated alkanes) is 8. The van der Waals surface area contributed by atoms with Crippen LogP contribution in [0.25, 0.3) is 0 Å². The van der Waals surface area contributed by atoms with Crippen molar-refractivity contribution in [2.75, 3.05) is 0 Å². The minimum atomic E-state index is -0.883. The van der Waals surface area contributed by atoms with Crippen molar-refractivity contribution in [1.29, 1.82) is 0 Å². The summed E-state index contributed by atoms with van der Waals surface area (Å²) in [5, 5.41) is 21.0. The number of allylic oxidation sites excluding steroid dienone is 1. The van der Waals surface area contributed by atoms with Crippen LogP contribution in [0.3, 0.4) is 0 Å². The van der Waals surface area contributed by atoms with Crippen molar-refractivity contribution in [2.24, 2.45) is 0 Å². The van der Waals surface area contributed by atoms with E-state index in [0.717, 1.165) is 64.1 Å². The van der Waals surface area contributed by atoms with Gasteiger partial charge in [-0.15, -0.1) is 0 Å². The van der Waals surface area contributed by atoms with Crippen LogP contribution in [-0.2, 0) is 4.79 Å². The van der Waals surface area contributed by atoms with E-state index in [4.69, 9.17) is 0 Å². The highest BCUT2D eigenvalue weighted by Crippen LogP contribution is 2.13. The van der Waals surface area contributed by atoms with Crippen molar-refractivity contribution in [3.63, 3.8) is 0 Å². The van der Waals surface area contributed by atoms with Gasteiger partial charge >= 0.3 is 0 Å². The Morgan fingerprint density at radius 1 is 1.00 bits per heavy atom. The van der Waals surface area contributed by atoms with E-state index < -0.39 is 12.1 Å². The number of nitro groups is 1. The summed E-state index contributed by atoms with van der Waals surface area (Å²) in [6.07, 6.45) is 14.6. The first-order valence-corrected chi connectivity index (χ1v) is 9.03. The molecule has 0 aliphatic heterocycles. The predicted molar refractivity (Wildman–Crippen MR) is 93.1 cm³/mol. The second kappa shape index (κ2) is 15.7. The number of aliphatic hydroxyl groups is 1. The topological polar surface area (TPSA) is 80.4 Å². The summed E-state index contributed by atoms with van der Waals surface area (Å²) in [6.45, 7) is 2.07. The molecule has 0 heterocycles. The zero-order valence-corrected chi connectivity index (χ0v) is 14.5. The average Bonchev–Trinajstić information content (AvgIpc) is 2.52. The highest BCUT2D eigenvalue weighted by atomic mass is 16.6. The maximum absolute atomic E-state index is 11.1. The van der Waals surface area contributed by atoms with Gasteiger partial charge in [-0.3, -0.25) is 10.1 Å². The van der Waals surface area contributed by atoms with Crippen molar-refractivity contribution in [2.45, 2.75) is 96.1 Å². The molecule has 0 radical (unpaired) electrons. The molecule has 0 fully saturated rings. The summed E-state index contributed by atoms with van der Waals surface area (Å²) >= 11 is 0. The van der Waals surface area contributed by atoms with E-state index in [1.807, 2.05) is 12.2 Å². The van der Waals surface area contributed by atoms with Gasteiger partial charge in [0.15, 0.2) is 0 Å². The molecule has 0 saturated heterocycles. The van der Waals surface area contributed by atoms with Gasteiger partial charge < -0.3 is 9.90 Å². The van der Waals surface area contributed by atoms with Crippen LogP contribution >= 0.6 is 0 Å². The zero-order valence-electron chi connectivity index (χ0n) is 14.5. The summed E-state index contributed by atoms with van der Waals surface area (Å²) in [7, 11) is 0. The molecule has 0 saturated carbocycles. The lowest BCUT2D eigenvalue weighted by molar-refractivity contribution is -0.533. The third-order valence-electron chi connectivity index (χ3n) is 4.06. The Balaban J connectivity index is 3.81. The third-order valence-corrected chi connectivity index (χ3v) is 4.06. The van der Waals surface area contributed by atoms with E-state index in [1.165, 1.54) is 0 Å². The molecule has 5 nitrogen and oxygen atoms in total. The molecule has 0 bridgehead atoms. The molecule has 0 rings (SSSR count). The molecule has 0 amide bonds. The van der Waals surface area contributed by atoms with Crippen LogP contribution in [0.5, 0.6) is 0 Å². The molecule has 2 unspecified atom stereocenters. The van der Waals surface area contributed by atoms with E-state index >= 15 is 0 Å². The number of carbonyl (C=O) groups is 1. The predicted octanol–water partition coefficient (Wildman–Crippen LogP) is 4.45. The van der Waals surface area contributed by atoms with Crippen LogP contribution in [-0.4, -0.2) is 28.5 Å². The lowest BCUT2D eigenvalue weighted by Crippen LogP contribution is -2.33. The average molecular weight is 327 g/mol. The number of hydrogen-bond donors (Lipinski definition) is 1. The van der Waals surface area contributed by atoms with Crippen LogP contribution < -0.4 is 0 Å². The van der Waals surface area contributed by atoms with Crippen LogP contribution in [0.15, 0.2) is 12.2 Å². The Morgan fingerprint density at radius 3 is 2.26 bits per heavy atom. The Hall–Kier alpha value is -1.23. The molecule has 0 aromatic heterocycles. The molecule has 0 spiro atoms. The number of carbonyl (C=O) groups excluding carboxylic acids is 1. The highest BCUT2D eigenvalue weighted by molar-refractivity contribution is 5.48. The van der Waals surface area contributed by atoms with Crippen molar-refractivity contribution in [1.82, 2.24) is 0 Å². The smallest absolute Gasteiger partial charge is 0.241 e. The number of nitrogens with zero attached hydrogens (tertiary/aromatic N) is 1. The molecule has 0 aliphatic rings. The lowest BCUT2D eigenvalue weighted by Gasteiger charge is -2.14. The normalized spacial score (nSPS) is 14.0. The van der Waals surface area contributed by atoms with E-state index in [1.54, 1.807) is 0 Å². The highest BCUT2D eigenvalue weighted by Gasteiger charge is 2.27. The van der Waals surface area contributed by atoms with E-state index in [2.05, 4.69) is 6.92 Å². The summed E-state index contributed by atoms with van der Waals surface area (Å²) in [5.41, 5.74) is 0. The molecule has 0 aromatic carbocycles. The van der Waals surface area contributed by atoms with Crippen LogP contribution in [0, 0.1) is 10.1 Å². The van der Waals surface area contributed by atoms with Crippen molar-refractivity contribution < 1.29 is 14.8 Å². The van der Waals surface area contributed by atoms with Gasteiger partial charge in [0.1, 0.15) is 12.4 Å². The fraction of sp³-hybridized carbons (Fsp3) is 0.833. The Kier molecular flexibility index (Phi) is 14.8. The fourth-order valence-electron chi connectivity index (χ4n) is 2.55. The van der Waals surface area contributed by atoms with Gasteiger partial charge in [0.2, 0.25) is 6.04 Å². The Morgan fingerprint density at radius 2 is 1.65 bits per heavy atom. The van der Waals surface area contributed by atoms with Crippen LogP contribution in [0.4, 0.5) is 0 Å². The second-order valence-electron chi connectivity index (χ2n) is 6.13. The number of aldehydes is 1. The van der Waals surface area contributed by atoms with Gasteiger partial charge in [-0.25, -0.2) is 0 Å². The van der Waals surface area contributed by atoms with Gasteiger partial charge in [-0.1, -0.05) is 57.6 Å². The fourth-order valence-corrected chi connectivity index (χ4v) is 2.55. The number of aliphatic hydroxyl groups excluding tert-OH is 1. The molecule has 23 heavy (non-hydrogen) atoms. The standard InChI is InChI=1S/C18H33NO4/c1-2-3-11-15-18(21)17(19(22)23)14-12-9-7-5-4-6-8-10-13-16-20/h9,12,16-18,21H,2-8,10-11,13-15H2,1H3/b12-9-. The molecule has 5 heteroatoms. The number of rotatable bonds is 16. The molecular weight excluding hydrogens is 294 g/mol. The summed E-state index contributed by atoms with van der Waals surface area (Å²) < 4.78 is 0. The number of hydrogen-bond acceptors (Lipinski definition) is 4. The first-order chi connectivity index (χ1) is 11.1. The van der Waals surface area contributed by atoms with Crippen LogP contribution in [0.1, 0.15) is 84.0 Å². The summed E-state index contributed by atoms with van der Waals surface area (Å²) in [6, 6.07) is -0.883. The Labute approximate surface area is 140 Å².